The maximum atomic E-state index is 12.9. The number of anilines is 1. The van der Waals surface area contributed by atoms with Crippen LogP contribution in [0.5, 0.6) is 0 Å². The fraction of sp³-hybridized carbons (Fsp3) is 0.150. The Morgan fingerprint density at radius 2 is 1.66 bits per heavy atom. The number of Topliss-reactive ketones (excluding diaryl/α,β-unsaturated/α-hetero) is 1. The van der Waals surface area contributed by atoms with E-state index in [2.05, 4.69) is 21.2 Å². The number of nitrogens with zero attached hydrogens (tertiary/aromatic N) is 1. The van der Waals surface area contributed by atoms with Gasteiger partial charge < -0.3 is 5.32 Å². The zero-order valence-corrected chi connectivity index (χ0v) is 17.2. The summed E-state index contributed by atoms with van der Waals surface area (Å²) in [4.78, 5) is 61.5. The maximum Gasteiger partial charge on any atom is 0.293 e. The normalized spacial score (nSPS) is 13.5. The van der Waals surface area contributed by atoms with Crippen LogP contribution < -0.4 is 5.32 Å². The Morgan fingerprint density at radius 3 is 2.31 bits per heavy atom. The lowest BCUT2D eigenvalue weighted by atomic mass is 10.0. The van der Waals surface area contributed by atoms with E-state index in [1.807, 2.05) is 0 Å². The minimum atomic E-state index is -1.03. The molecule has 0 bridgehead atoms. The quantitative estimate of drug-likeness (QED) is 0.392. The third-order valence-corrected chi connectivity index (χ3v) is 5.13. The summed E-state index contributed by atoms with van der Waals surface area (Å²) in [6.07, 6.45) is 0.0495. The number of hydrogen-bond acceptors (Lipinski definition) is 5. The smallest absolute Gasteiger partial charge is 0.293 e. The van der Waals surface area contributed by atoms with E-state index in [-0.39, 0.29) is 34.7 Å². The molecule has 7 nitrogen and oxygen atoms in total. The molecule has 29 heavy (non-hydrogen) atoms. The Labute approximate surface area is 179 Å². The van der Waals surface area contributed by atoms with E-state index in [4.69, 9.17) is 11.6 Å². The molecule has 3 amide bonds. The molecule has 0 aromatic heterocycles. The van der Waals surface area contributed by atoms with Crippen molar-refractivity contribution in [3.05, 3.63) is 63.1 Å². The molecule has 1 aliphatic heterocycles. The number of ketones is 2. The van der Waals surface area contributed by atoms with Gasteiger partial charge >= 0.3 is 0 Å². The summed E-state index contributed by atoms with van der Waals surface area (Å²) in [5.74, 6) is -3.42. The van der Waals surface area contributed by atoms with Crippen LogP contribution in [-0.2, 0) is 19.2 Å². The van der Waals surface area contributed by atoms with Crippen LogP contribution in [0, 0.1) is 0 Å². The number of imide groups is 1. The summed E-state index contributed by atoms with van der Waals surface area (Å²) in [7, 11) is 0. The Kier molecular flexibility index (Phi) is 6.24. The van der Waals surface area contributed by atoms with Crippen molar-refractivity contribution in [1.29, 1.82) is 0 Å². The number of carbonyl (C=O) groups is 5. The van der Waals surface area contributed by atoms with Gasteiger partial charge in [-0.1, -0.05) is 39.7 Å². The van der Waals surface area contributed by atoms with Crippen molar-refractivity contribution in [3.8, 4) is 0 Å². The number of amides is 3. The van der Waals surface area contributed by atoms with Crippen LogP contribution in [0.4, 0.5) is 5.69 Å². The van der Waals surface area contributed by atoms with E-state index in [1.165, 1.54) is 12.1 Å². The number of rotatable bonds is 6. The first-order valence-corrected chi connectivity index (χ1v) is 9.71. The summed E-state index contributed by atoms with van der Waals surface area (Å²) in [5.41, 5.74) is 0.472. The van der Waals surface area contributed by atoms with Crippen molar-refractivity contribution in [2.75, 3.05) is 11.9 Å². The van der Waals surface area contributed by atoms with E-state index in [0.29, 0.717) is 4.47 Å². The second kappa shape index (κ2) is 8.67. The molecule has 1 N–H and O–H groups in total. The van der Waals surface area contributed by atoms with Crippen molar-refractivity contribution in [2.45, 2.75) is 12.8 Å². The predicted molar refractivity (Wildman–Crippen MR) is 109 cm³/mol. The zero-order chi connectivity index (χ0) is 21.1. The first-order chi connectivity index (χ1) is 13.8. The van der Waals surface area contributed by atoms with Gasteiger partial charge in [0.25, 0.3) is 5.91 Å². The lowest BCUT2D eigenvalue weighted by Gasteiger charge is -2.14. The van der Waals surface area contributed by atoms with Gasteiger partial charge in [-0.15, -0.1) is 0 Å². The van der Waals surface area contributed by atoms with Gasteiger partial charge in [0, 0.05) is 28.4 Å². The van der Waals surface area contributed by atoms with Gasteiger partial charge in [-0.3, -0.25) is 28.9 Å². The highest BCUT2D eigenvalue weighted by atomic mass is 79.9. The molecule has 0 unspecified atom stereocenters. The summed E-state index contributed by atoms with van der Waals surface area (Å²) in [5, 5.41) is 2.64. The Hall–Kier alpha value is -2.84. The van der Waals surface area contributed by atoms with E-state index in [1.54, 1.807) is 30.3 Å². The molecule has 2 aromatic rings. The van der Waals surface area contributed by atoms with Crippen molar-refractivity contribution < 1.29 is 24.0 Å². The van der Waals surface area contributed by atoms with Gasteiger partial charge in [-0.2, -0.15) is 0 Å². The maximum absolute atomic E-state index is 12.9. The fourth-order valence-corrected chi connectivity index (χ4v) is 3.39. The Morgan fingerprint density at radius 1 is 1.00 bits per heavy atom. The average molecular weight is 478 g/mol. The third kappa shape index (κ3) is 4.60. The van der Waals surface area contributed by atoms with Crippen LogP contribution in [0.2, 0.25) is 5.02 Å². The second-order valence-electron chi connectivity index (χ2n) is 6.25. The molecular formula is C20H14BrClN2O5. The molecule has 0 spiro atoms. The van der Waals surface area contributed by atoms with Gasteiger partial charge in [-0.25, -0.2) is 0 Å². The molecule has 148 valence electrons. The summed E-state index contributed by atoms with van der Waals surface area (Å²) in [6, 6.07) is 11.0. The van der Waals surface area contributed by atoms with Gasteiger partial charge in [0.05, 0.1) is 17.3 Å². The number of likely N-dealkylation sites (tertiary alicyclic amines) is 1. The Bertz CT molecular complexity index is 1040. The monoisotopic (exact) mass is 476 g/mol. The topological polar surface area (TPSA) is 101 Å². The van der Waals surface area contributed by atoms with Crippen LogP contribution in [0.1, 0.15) is 28.8 Å². The fourth-order valence-electron chi connectivity index (χ4n) is 2.81. The molecule has 2 aromatic carbocycles. The molecule has 1 fully saturated rings. The summed E-state index contributed by atoms with van der Waals surface area (Å²) >= 11 is 9.37. The number of hydrogen-bond donors (Lipinski definition) is 1. The van der Waals surface area contributed by atoms with Gasteiger partial charge in [0.1, 0.15) is 0 Å². The molecule has 1 saturated heterocycles. The highest BCUT2D eigenvalue weighted by molar-refractivity contribution is 9.10. The number of carbonyl (C=O) groups excluding carboxylic acids is 5. The summed E-state index contributed by atoms with van der Waals surface area (Å²) < 4.78 is 0.588. The minimum Gasteiger partial charge on any atom is -0.319 e. The van der Waals surface area contributed by atoms with Crippen molar-refractivity contribution in [1.82, 2.24) is 4.90 Å². The molecule has 0 aliphatic carbocycles. The molecule has 3 rings (SSSR count). The molecule has 0 saturated carbocycles. The van der Waals surface area contributed by atoms with Crippen molar-refractivity contribution in [3.63, 3.8) is 0 Å². The largest absolute Gasteiger partial charge is 0.319 e. The Balaban J connectivity index is 1.82. The third-order valence-electron chi connectivity index (χ3n) is 4.30. The first-order valence-electron chi connectivity index (χ1n) is 8.54. The van der Waals surface area contributed by atoms with E-state index in [9.17, 15) is 24.0 Å². The van der Waals surface area contributed by atoms with Crippen molar-refractivity contribution in [2.24, 2.45) is 0 Å². The molecule has 9 heteroatoms. The van der Waals surface area contributed by atoms with Crippen molar-refractivity contribution >= 4 is 62.5 Å². The van der Waals surface area contributed by atoms with Crippen LogP contribution in [-0.4, -0.2) is 40.7 Å². The number of halogens is 2. The van der Waals surface area contributed by atoms with Gasteiger partial charge in [0.15, 0.2) is 5.78 Å². The van der Waals surface area contributed by atoms with Crippen LogP contribution >= 0.6 is 27.5 Å². The molecule has 1 heterocycles. The highest BCUT2D eigenvalue weighted by Gasteiger charge is 2.32. The lowest BCUT2D eigenvalue weighted by molar-refractivity contribution is -0.143. The SMILES string of the molecule is O=C(CN1C(=O)CCC1=O)C(=O)Nc1ccc(Br)cc1C(=O)c1ccccc1Cl. The second-order valence-corrected chi connectivity index (χ2v) is 7.57. The zero-order valence-electron chi connectivity index (χ0n) is 14.9. The molecule has 1 aliphatic rings. The van der Waals surface area contributed by atoms with E-state index in [0.717, 1.165) is 4.90 Å². The van der Waals surface area contributed by atoms with Crippen LogP contribution in [0.25, 0.3) is 0 Å². The van der Waals surface area contributed by atoms with Crippen LogP contribution in [0.15, 0.2) is 46.9 Å². The van der Waals surface area contributed by atoms with Gasteiger partial charge in [0.2, 0.25) is 17.6 Å². The first kappa shape index (κ1) is 20.9. The highest BCUT2D eigenvalue weighted by Crippen LogP contribution is 2.27. The van der Waals surface area contributed by atoms with E-state index < -0.39 is 35.8 Å². The number of benzene rings is 2. The summed E-state index contributed by atoms with van der Waals surface area (Å²) in [6.45, 7) is -0.631. The lowest BCUT2D eigenvalue weighted by Crippen LogP contribution is -2.39. The number of nitrogens with one attached hydrogen (secondary N) is 1. The van der Waals surface area contributed by atoms with Crippen LogP contribution in [0.3, 0.4) is 0 Å². The molecule has 0 radical (unpaired) electrons. The molecular weight excluding hydrogens is 464 g/mol. The molecule has 0 atom stereocenters. The average Bonchev–Trinajstić information content (AvgIpc) is 3.01. The minimum absolute atomic E-state index is 0.0247. The van der Waals surface area contributed by atoms with E-state index >= 15 is 0 Å². The standard InChI is InChI=1S/C20H14BrClN2O5/c21-11-5-6-15(13(9-11)19(28)12-3-1-2-4-14(12)22)23-20(29)16(25)10-24-17(26)7-8-18(24)27/h1-6,9H,7-8,10H2,(H,23,29). The predicted octanol–water partition coefficient (Wildman–Crippen LogP) is 2.99. The van der Waals surface area contributed by atoms with Gasteiger partial charge in [-0.05, 0) is 30.3 Å².